The number of nitro benzene ring substituents is 1. The Bertz CT molecular complexity index is 438. The van der Waals surface area contributed by atoms with Crippen LogP contribution >= 0.6 is 0 Å². The number of nitrogens with zero attached hydrogens (tertiary/aromatic N) is 2. The fourth-order valence-electron chi connectivity index (χ4n) is 1.29. The van der Waals surface area contributed by atoms with Crippen LogP contribution in [0.1, 0.15) is 5.56 Å². The van der Waals surface area contributed by atoms with Crippen molar-refractivity contribution in [1.29, 1.82) is 0 Å². The number of hydrogen-bond acceptors (Lipinski definition) is 5. The van der Waals surface area contributed by atoms with E-state index in [0.29, 0.717) is 17.7 Å². The highest BCUT2D eigenvalue weighted by Gasteiger charge is 2.13. The molecule has 0 saturated carbocycles. The highest BCUT2D eigenvalue weighted by Crippen LogP contribution is 2.24. The van der Waals surface area contributed by atoms with Crippen molar-refractivity contribution in [2.75, 3.05) is 13.7 Å². The van der Waals surface area contributed by atoms with Crippen LogP contribution in [0, 0.1) is 10.1 Å². The second kappa shape index (κ2) is 5.63. The van der Waals surface area contributed by atoms with Crippen molar-refractivity contribution in [2.45, 2.75) is 6.42 Å². The molecule has 0 amide bonds. The first-order chi connectivity index (χ1) is 7.69. The number of ether oxygens (including phenoxy) is 1. The molecule has 0 radical (unpaired) electrons. The Kier molecular flexibility index (Phi) is 4.17. The SMILES string of the molecule is COc1ccc([N+](=O)[O-])c(CCN=C=O)c1. The molecule has 0 aliphatic rings. The minimum absolute atomic E-state index is 0.00176. The summed E-state index contributed by atoms with van der Waals surface area (Å²) in [5.41, 5.74) is 0.491. The van der Waals surface area contributed by atoms with Gasteiger partial charge in [-0.25, -0.2) is 9.79 Å². The third-order valence-corrected chi connectivity index (χ3v) is 2.04. The quantitative estimate of drug-likeness (QED) is 0.327. The Hall–Kier alpha value is -2.20. The first-order valence-corrected chi connectivity index (χ1v) is 4.54. The van der Waals surface area contributed by atoms with Crippen molar-refractivity contribution in [3.05, 3.63) is 33.9 Å². The van der Waals surface area contributed by atoms with Gasteiger partial charge in [-0.1, -0.05) is 0 Å². The van der Waals surface area contributed by atoms with Gasteiger partial charge in [0.1, 0.15) is 5.75 Å². The standard InChI is InChI=1S/C10H10N2O4/c1-16-9-2-3-10(12(14)15)8(6-9)4-5-11-7-13/h2-3,6H,4-5H2,1H3. The second-order valence-corrected chi connectivity index (χ2v) is 2.97. The summed E-state index contributed by atoms with van der Waals surface area (Å²) < 4.78 is 4.97. The third-order valence-electron chi connectivity index (χ3n) is 2.04. The van der Waals surface area contributed by atoms with Crippen LogP contribution < -0.4 is 4.74 Å². The molecule has 0 aliphatic heterocycles. The van der Waals surface area contributed by atoms with Crippen molar-refractivity contribution in [1.82, 2.24) is 0 Å². The van der Waals surface area contributed by atoms with Crippen molar-refractivity contribution in [3.63, 3.8) is 0 Å². The largest absolute Gasteiger partial charge is 0.497 e. The number of rotatable bonds is 5. The molecule has 0 aliphatic carbocycles. The summed E-state index contributed by atoms with van der Waals surface area (Å²) in [5.74, 6) is 0.538. The average Bonchev–Trinajstić information content (AvgIpc) is 2.29. The molecule has 1 aromatic carbocycles. The Morgan fingerprint density at radius 1 is 1.56 bits per heavy atom. The fourth-order valence-corrected chi connectivity index (χ4v) is 1.29. The monoisotopic (exact) mass is 222 g/mol. The van der Waals surface area contributed by atoms with Gasteiger partial charge in [0, 0.05) is 11.6 Å². The molecule has 1 aromatic rings. The first kappa shape index (κ1) is 11.9. The number of carbonyl (C=O) groups excluding carboxylic acids is 1. The van der Waals surface area contributed by atoms with E-state index in [-0.39, 0.29) is 12.2 Å². The maximum absolute atomic E-state index is 10.7. The van der Waals surface area contributed by atoms with Crippen molar-refractivity contribution in [3.8, 4) is 5.75 Å². The van der Waals surface area contributed by atoms with Gasteiger partial charge in [0.25, 0.3) is 5.69 Å². The summed E-state index contributed by atoms with van der Waals surface area (Å²) in [7, 11) is 1.48. The number of methoxy groups -OCH3 is 1. The lowest BCUT2D eigenvalue weighted by Crippen LogP contribution is -1.98. The lowest BCUT2D eigenvalue weighted by molar-refractivity contribution is -0.385. The molecule has 0 fully saturated rings. The minimum Gasteiger partial charge on any atom is -0.497 e. The summed E-state index contributed by atoms with van der Waals surface area (Å²) in [6.45, 7) is 0.178. The minimum atomic E-state index is -0.473. The van der Waals surface area contributed by atoms with Crippen LogP contribution in [-0.2, 0) is 11.2 Å². The zero-order valence-corrected chi connectivity index (χ0v) is 8.67. The fraction of sp³-hybridized carbons (Fsp3) is 0.300. The van der Waals surface area contributed by atoms with Crippen LogP contribution in [0.15, 0.2) is 23.2 Å². The highest BCUT2D eigenvalue weighted by molar-refractivity contribution is 5.45. The Labute approximate surface area is 91.7 Å². The van der Waals surface area contributed by atoms with Crippen LogP contribution in [0.2, 0.25) is 0 Å². The van der Waals surface area contributed by atoms with Crippen molar-refractivity contribution in [2.24, 2.45) is 4.99 Å². The van der Waals surface area contributed by atoms with Gasteiger partial charge in [0.05, 0.1) is 18.6 Å². The van der Waals surface area contributed by atoms with E-state index in [2.05, 4.69) is 4.99 Å². The van der Waals surface area contributed by atoms with Gasteiger partial charge in [-0.3, -0.25) is 10.1 Å². The molecule has 0 aromatic heterocycles. The molecule has 84 valence electrons. The smallest absolute Gasteiger partial charge is 0.272 e. The summed E-state index contributed by atoms with van der Waals surface area (Å²) in [6, 6.07) is 4.46. The van der Waals surface area contributed by atoms with Gasteiger partial charge in [0.15, 0.2) is 0 Å². The number of aliphatic imine (C=N–C) groups is 1. The molecule has 6 heteroatoms. The Balaban J connectivity index is 2.99. The molecule has 0 atom stereocenters. The molecule has 1 rings (SSSR count). The maximum atomic E-state index is 10.7. The number of benzene rings is 1. The Morgan fingerprint density at radius 3 is 2.88 bits per heavy atom. The van der Waals surface area contributed by atoms with Crippen LogP contribution in [-0.4, -0.2) is 24.7 Å². The van der Waals surface area contributed by atoms with Crippen LogP contribution in [0.3, 0.4) is 0 Å². The topological polar surface area (TPSA) is 81.8 Å². The average molecular weight is 222 g/mol. The van der Waals surface area contributed by atoms with Gasteiger partial charge in [-0.05, 0) is 18.6 Å². The van der Waals surface area contributed by atoms with Gasteiger partial charge < -0.3 is 4.74 Å². The van der Waals surface area contributed by atoms with E-state index in [0.717, 1.165) is 0 Å². The van der Waals surface area contributed by atoms with E-state index >= 15 is 0 Å². The molecule has 0 unspecified atom stereocenters. The van der Waals surface area contributed by atoms with E-state index in [1.165, 1.54) is 25.3 Å². The summed E-state index contributed by atoms with van der Waals surface area (Å²) in [6.07, 6.45) is 1.70. The molecular weight excluding hydrogens is 212 g/mol. The zero-order chi connectivity index (χ0) is 12.0. The zero-order valence-electron chi connectivity index (χ0n) is 8.67. The number of hydrogen-bond donors (Lipinski definition) is 0. The van der Waals surface area contributed by atoms with Gasteiger partial charge in [-0.2, -0.15) is 0 Å². The predicted octanol–water partition coefficient (Wildman–Crippen LogP) is 1.48. The van der Waals surface area contributed by atoms with E-state index in [4.69, 9.17) is 4.74 Å². The second-order valence-electron chi connectivity index (χ2n) is 2.97. The first-order valence-electron chi connectivity index (χ1n) is 4.54. The van der Waals surface area contributed by atoms with Crippen molar-refractivity contribution < 1.29 is 14.5 Å². The van der Waals surface area contributed by atoms with Crippen LogP contribution in [0.25, 0.3) is 0 Å². The Morgan fingerprint density at radius 2 is 2.31 bits per heavy atom. The summed E-state index contributed by atoms with van der Waals surface area (Å²) in [4.78, 5) is 23.5. The predicted molar refractivity (Wildman–Crippen MR) is 56.3 cm³/mol. The third kappa shape index (κ3) is 2.90. The van der Waals surface area contributed by atoms with E-state index < -0.39 is 4.92 Å². The molecule has 0 saturated heterocycles. The number of nitro groups is 1. The van der Waals surface area contributed by atoms with Crippen LogP contribution in [0.4, 0.5) is 5.69 Å². The maximum Gasteiger partial charge on any atom is 0.272 e. The molecule has 0 bridgehead atoms. The molecular formula is C10H10N2O4. The van der Waals surface area contributed by atoms with E-state index in [1.807, 2.05) is 0 Å². The number of isocyanates is 1. The molecule has 0 N–H and O–H groups in total. The van der Waals surface area contributed by atoms with E-state index in [9.17, 15) is 14.9 Å². The van der Waals surface area contributed by atoms with Gasteiger partial charge in [0.2, 0.25) is 6.08 Å². The van der Waals surface area contributed by atoms with Gasteiger partial charge in [-0.15, -0.1) is 0 Å². The lowest BCUT2D eigenvalue weighted by Gasteiger charge is -2.04. The highest BCUT2D eigenvalue weighted by atomic mass is 16.6. The molecule has 0 spiro atoms. The van der Waals surface area contributed by atoms with Crippen molar-refractivity contribution >= 4 is 11.8 Å². The lowest BCUT2D eigenvalue weighted by atomic mass is 10.1. The molecule has 6 nitrogen and oxygen atoms in total. The normalized spacial score (nSPS) is 9.31. The van der Waals surface area contributed by atoms with Gasteiger partial charge >= 0.3 is 0 Å². The summed E-state index contributed by atoms with van der Waals surface area (Å²) in [5, 5.41) is 10.7. The van der Waals surface area contributed by atoms with E-state index in [1.54, 1.807) is 6.07 Å². The van der Waals surface area contributed by atoms with Crippen LogP contribution in [0.5, 0.6) is 5.75 Å². The molecule has 16 heavy (non-hydrogen) atoms. The molecule has 0 heterocycles. The summed E-state index contributed by atoms with van der Waals surface area (Å²) >= 11 is 0.